The molecular weight excluding hydrogens is 320 g/mol. The van der Waals surface area contributed by atoms with Crippen LogP contribution in [0.25, 0.3) is 0 Å². The Morgan fingerprint density at radius 3 is 2.57 bits per heavy atom. The Hall–Kier alpha value is -1.92. The second-order valence-corrected chi connectivity index (χ2v) is 5.90. The van der Waals surface area contributed by atoms with E-state index in [4.69, 9.17) is 11.6 Å². The van der Waals surface area contributed by atoms with Gasteiger partial charge < -0.3 is 0 Å². The van der Waals surface area contributed by atoms with E-state index in [0.717, 1.165) is 17.7 Å². The number of carbonyl (C=O) groups is 3. The minimum Gasteiger partial charge on any atom is -0.285 e. The van der Waals surface area contributed by atoms with Crippen molar-refractivity contribution in [1.82, 2.24) is 5.06 Å². The van der Waals surface area contributed by atoms with Crippen LogP contribution in [0.4, 0.5) is 5.69 Å². The lowest BCUT2D eigenvalue weighted by atomic mass is 10.1. The van der Waals surface area contributed by atoms with Crippen molar-refractivity contribution in [3.05, 3.63) is 29.3 Å². The molecule has 1 aromatic rings. The van der Waals surface area contributed by atoms with Crippen LogP contribution in [-0.4, -0.2) is 34.0 Å². The Kier molecular flexibility index (Phi) is 5.74. The van der Waals surface area contributed by atoms with Gasteiger partial charge in [0.2, 0.25) is 11.8 Å². The van der Waals surface area contributed by atoms with Crippen LogP contribution in [0.5, 0.6) is 0 Å². The van der Waals surface area contributed by atoms with Gasteiger partial charge in [-0.3, -0.25) is 19.6 Å². The molecule has 0 aromatic heterocycles. The molecule has 0 bridgehead atoms. The number of hydrogen-bond donors (Lipinski definition) is 1. The van der Waals surface area contributed by atoms with Gasteiger partial charge in [0.1, 0.15) is 6.04 Å². The molecule has 0 unspecified atom stereocenters. The lowest BCUT2D eigenvalue weighted by Gasteiger charge is -2.21. The van der Waals surface area contributed by atoms with Crippen LogP contribution in [0, 0.1) is 0 Å². The second kappa shape index (κ2) is 7.57. The van der Waals surface area contributed by atoms with Crippen LogP contribution in [0.2, 0.25) is 5.02 Å². The first-order chi connectivity index (χ1) is 11.0. The number of imide groups is 1. The van der Waals surface area contributed by atoms with Crippen LogP contribution in [-0.2, 0) is 14.4 Å². The highest BCUT2D eigenvalue weighted by molar-refractivity contribution is 6.30. The molecule has 1 aromatic carbocycles. The topological polar surface area (TPSA) is 77.9 Å². The van der Waals surface area contributed by atoms with Gasteiger partial charge in [-0.05, 0) is 30.7 Å². The molecule has 0 saturated carbocycles. The number of rotatable bonds is 6. The highest BCUT2D eigenvalue weighted by Gasteiger charge is 2.44. The second-order valence-electron chi connectivity index (χ2n) is 5.46. The number of anilines is 1. The number of hydroxylamine groups is 2. The van der Waals surface area contributed by atoms with Crippen molar-refractivity contribution in [3.8, 4) is 0 Å². The number of amides is 3. The third kappa shape index (κ3) is 3.89. The minimum atomic E-state index is -1.16. The summed E-state index contributed by atoms with van der Waals surface area (Å²) in [4.78, 5) is 37.4. The van der Waals surface area contributed by atoms with Crippen molar-refractivity contribution in [2.24, 2.45) is 0 Å². The van der Waals surface area contributed by atoms with Crippen molar-refractivity contribution in [1.29, 1.82) is 0 Å². The van der Waals surface area contributed by atoms with E-state index < -0.39 is 23.8 Å². The zero-order chi connectivity index (χ0) is 17.0. The summed E-state index contributed by atoms with van der Waals surface area (Å²) in [6.45, 7) is 2.00. The average molecular weight is 339 g/mol. The molecule has 1 atom stereocenters. The molecule has 1 aliphatic rings. The Labute approximate surface area is 139 Å². The van der Waals surface area contributed by atoms with E-state index in [0.29, 0.717) is 22.2 Å². The van der Waals surface area contributed by atoms with Crippen molar-refractivity contribution < 1.29 is 19.6 Å². The van der Waals surface area contributed by atoms with Crippen LogP contribution in [0.3, 0.4) is 0 Å². The fraction of sp³-hybridized carbons (Fsp3) is 0.438. The smallest absolute Gasteiger partial charge is 0.259 e. The Bertz CT molecular complexity index is 603. The first-order valence-corrected chi connectivity index (χ1v) is 7.96. The SMILES string of the molecule is CCCCCC(=O)N(O)[C@H]1CC(=O)N(c2ccc(Cl)cc2)C1=O. The molecular formula is C16H19ClN2O4. The van der Waals surface area contributed by atoms with Gasteiger partial charge in [-0.1, -0.05) is 31.4 Å². The van der Waals surface area contributed by atoms with E-state index in [1.54, 1.807) is 24.3 Å². The summed E-state index contributed by atoms with van der Waals surface area (Å²) < 4.78 is 0. The number of carbonyl (C=O) groups excluding carboxylic acids is 3. The largest absolute Gasteiger partial charge is 0.285 e. The third-order valence-corrected chi connectivity index (χ3v) is 4.00. The van der Waals surface area contributed by atoms with Gasteiger partial charge in [-0.2, -0.15) is 0 Å². The molecule has 6 nitrogen and oxygen atoms in total. The summed E-state index contributed by atoms with van der Waals surface area (Å²) >= 11 is 5.79. The lowest BCUT2D eigenvalue weighted by Crippen LogP contribution is -2.43. The quantitative estimate of drug-likeness (QED) is 0.374. The summed E-state index contributed by atoms with van der Waals surface area (Å²) in [5.41, 5.74) is 0.374. The maximum atomic E-state index is 12.4. The molecule has 3 amide bonds. The van der Waals surface area contributed by atoms with Gasteiger partial charge in [0.15, 0.2) is 0 Å². The highest BCUT2D eigenvalue weighted by Crippen LogP contribution is 2.26. The maximum Gasteiger partial charge on any atom is 0.259 e. The first-order valence-electron chi connectivity index (χ1n) is 7.59. The fourth-order valence-electron chi connectivity index (χ4n) is 2.48. The van der Waals surface area contributed by atoms with Crippen LogP contribution in [0.1, 0.15) is 39.0 Å². The molecule has 2 rings (SSSR count). The zero-order valence-corrected chi connectivity index (χ0v) is 13.6. The molecule has 23 heavy (non-hydrogen) atoms. The molecule has 0 spiro atoms. The van der Waals surface area contributed by atoms with Gasteiger partial charge in [0, 0.05) is 11.4 Å². The van der Waals surface area contributed by atoms with Crippen molar-refractivity contribution in [3.63, 3.8) is 0 Å². The highest BCUT2D eigenvalue weighted by atomic mass is 35.5. The number of nitrogens with zero attached hydrogens (tertiary/aromatic N) is 2. The molecule has 1 saturated heterocycles. The average Bonchev–Trinajstić information content (AvgIpc) is 2.82. The summed E-state index contributed by atoms with van der Waals surface area (Å²) in [5.74, 6) is -1.60. The van der Waals surface area contributed by atoms with E-state index in [1.807, 2.05) is 6.92 Å². The normalized spacial score (nSPS) is 17.7. The van der Waals surface area contributed by atoms with Crippen LogP contribution in [0.15, 0.2) is 24.3 Å². The number of benzene rings is 1. The zero-order valence-electron chi connectivity index (χ0n) is 12.9. The van der Waals surface area contributed by atoms with Crippen LogP contribution < -0.4 is 4.90 Å². The predicted octanol–water partition coefficient (Wildman–Crippen LogP) is 2.77. The van der Waals surface area contributed by atoms with E-state index in [9.17, 15) is 19.6 Å². The molecule has 1 fully saturated rings. The minimum absolute atomic E-state index is 0.156. The molecule has 1 aliphatic heterocycles. The Morgan fingerprint density at radius 1 is 1.30 bits per heavy atom. The summed E-state index contributed by atoms with van der Waals surface area (Å²) in [7, 11) is 0. The summed E-state index contributed by atoms with van der Waals surface area (Å²) in [6, 6.07) is 5.07. The first kappa shape index (κ1) is 17.4. The van der Waals surface area contributed by atoms with E-state index in [-0.39, 0.29) is 12.8 Å². The number of unbranched alkanes of at least 4 members (excludes halogenated alkanes) is 2. The fourth-order valence-corrected chi connectivity index (χ4v) is 2.61. The molecule has 0 aliphatic carbocycles. The van der Waals surface area contributed by atoms with E-state index in [1.165, 1.54) is 0 Å². The standard InChI is InChI=1S/C16H19ClN2O4/c1-2-3-4-5-14(20)19(23)13-10-15(21)18(16(13)22)12-8-6-11(17)7-9-12/h6-9,13,23H,2-5,10H2,1H3/t13-/m0/s1. The Balaban J connectivity index is 2.08. The van der Waals surface area contributed by atoms with Gasteiger partial charge in [-0.15, -0.1) is 0 Å². The van der Waals surface area contributed by atoms with Crippen molar-refractivity contribution in [2.45, 2.75) is 45.1 Å². The summed E-state index contributed by atoms with van der Waals surface area (Å²) in [5, 5.41) is 10.9. The van der Waals surface area contributed by atoms with Gasteiger partial charge >= 0.3 is 0 Å². The van der Waals surface area contributed by atoms with Gasteiger partial charge in [0.25, 0.3) is 5.91 Å². The number of hydrogen-bond acceptors (Lipinski definition) is 4. The van der Waals surface area contributed by atoms with Gasteiger partial charge in [-0.25, -0.2) is 9.96 Å². The lowest BCUT2D eigenvalue weighted by molar-refractivity contribution is -0.177. The molecule has 124 valence electrons. The van der Waals surface area contributed by atoms with E-state index >= 15 is 0 Å². The molecule has 0 radical (unpaired) electrons. The number of halogens is 1. The molecule has 1 heterocycles. The van der Waals surface area contributed by atoms with Crippen molar-refractivity contribution in [2.75, 3.05) is 4.90 Å². The predicted molar refractivity (Wildman–Crippen MR) is 85.1 cm³/mol. The monoisotopic (exact) mass is 338 g/mol. The molecule has 1 N–H and O–H groups in total. The van der Waals surface area contributed by atoms with Crippen molar-refractivity contribution >= 4 is 35.0 Å². The summed E-state index contributed by atoms with van der Waals surface area (Å²) in [6.07, 6.45) is 2.39. The van der Waals surface area contributed by atoms with Crippen LogP contribution >= 0.6 is 11.6 Å². The molecule has 7 heteroatoms. The van der Waals surface area contributed by atoms with E-state index in [2.05, 4.69) is 0 Å². The maximum absolute atomic E-state index is 12.4. The third-order valence-electron chi connectivity index (χ3n) is 3.75. The van der Waals surface area contributed by atoms with Gasteiger partial charge in [0.05, 0.1) is 12.1 Å². The Morgan fingerprint density at radius 2 is 1.96 bits per heavy atom.